The van der Waals surface area contributed by atoms with Gasteiger partial charge in [0.15, 0.2) is 0 Å². The molecule has 1 amide bonds. The molecule has 1 N–H and O–H groups in total. The minimum absolute atomic E-state index is 0.298. The maximum atomic E-state index is 13.2. The molecule has 1 fully saturated rings. The molecule has 1 aliphatic carbocycles. The monoisotopic (exact) mass is 323 g/mol. The van der Waals surface area contributed by atoms with Crippen molar-refractivity contribution < 1.29 is 9.18 Å². The van der Waals surface area contributed by atoms with E-state index < -0.39 is 11.4 Å². The molecule has 21 heavy (non-hydrogen) atoms. The summed E-state index contributed by atoms with van der Waals surface area (Å²) >= 11 is 12.1. The van der Waals surface area contributed by atoms with Gasteiger partial charge < -0.3 is 5.32 Å². The van der Waals surface area contributed by atoms with E-state index in [-0.39, 0.29) is 5.91 Å². The number of hydrogen-bond acceptors (Lipinski definition) is 1. The summed E-state index contributed by atoms with van der Waals surface area (Å²) in [6, 6.07) is 10.8. The zero-order chi connectivity index (χ0) is 15.0. The Bertz CT molecular complexity index is 713. The fraction of sp³-hybridized carbons (Fsp3) is 0.188. The van der Waals surface area contributed by atoms with Gasteiger partial charge in [-0.2, -0.15) is 0 Å². The maximum Gasteiger partial charge on any atom is 0.252 e. The van der Waals surface area contributed by atoms with Crippen molar-refractivity contribution in [2.75, 3.05) is 0 Å². The standard InChI is InChI=1S/C16H12Cl2FNO/c17-11-4-5-13(14(18)9-11)16(6-7-16)20-15(21)10-2-1-3-12(19)8-10/h1-5,8-9H,6-7H2,(H,20,21). The fourth-order valence-electron chi connectivity index (χ4n) is 2.38. The Balaban J connectivity index is 1.85. The van der Waals surface area contributed by atoms with E-state index in [1.54, 1.807) is 18.2 Å². The normalized spacial score (nSPS) is 15.6. The van der Waals surface area contributed by atoms with Crippen LogP contribution >= 0.6 is 23.2 Å². The van der Waals surface area contributed by atoms with E-state index in [4.69, 9.17) is 23.2 Å². The van der Waals surface area contributed by atoms with Crippen LogP contribution in [-0.4, -0.2) is 5.91 Å². The number of carbonyl (C=O) groups is 1. The maximum absolute atomic E-state index is 13.2. The number of amides is 1. The summed E-state index contributed by atoms with van der Waals surface area (Å²) in [5, 5.41) is 4.03. The molecule has 0 aromatic heterocycles. The van der Waals surface area contributed by atoms with Gasteiger partial charge in [0.2, 0.25) is 0 Å². The second-order valence-corrected chi connectivity index (χ2v) is 6.01. The molecule has 0 atom stereocenters. The summed E-state index contributed by atoms with van der Waals surface area (Å²) in [4.78, 5) is 12.3. The van der Waals surface area contributed by atoms with E-state index in [2.05, 4.69) is 5.32 Å². The highest BCUT2D eigenvalue weighted by Gasteiger charge is 2.47. The minimum atomic E-state index is -0.467. The van der Waals surface area contributed by atoms with Gasteiger partial charge in [0.1, 0.15) is 5.82 Å². The summed E-state index contributed by atoms with van der Waals surface area (Å²) in [5.41, 5.74) is 0.676. The number of carbonyl (C=O) groups excluding carboxylic acids is 1. The van der Waals surface area contributed by atoms with E-state index in [1.165, 1.54) is 18.2 Å². The van der Waals surface area contributed by atoms with Crippen molar-refractivity contribution in [1.82, 2.24) is 5.32 Å². The molecule has 0 unspecified atom stereocenters. The zero-order valence-electron chi connectivity index (χ0n) is 11.0. The number of benzene rings is 2. The van der Waals surface area contributed by atoms with Crippen LogP contribution in [-0.2, 0) is 5.54 Å². The molecule has 3 rings (SSSR count). The largest absolute Gasteiger partial charge is 0.342 e. The van der Waals surface area contributed by atoms with Crippen molar-refractivity contribution in [3.8, 4) is 0 Å². The molecule has 2 nitrogen and oxygen atoms in total. The Hall–Kier alpha value is -1.58. The average molecular weight is 324 g/mol. The third-order valence-corrected chi connectivity index (χ3v) is 4.18. The van der Waals surface area contributed by atoms with Gasteiger partial charge in [0.05, 0.1) is 5.54 Å². The molecule has 2 aromatic carbocycles. The van der Waals surface area contributed by atoms with Crippen molar-refractivity contribution >= 4 is 29.1 Å². The topological polar surface area (TPSA) is 29.1 Å². The second kappa shape index (κ2) is 5.32. The number of hydrogen-bond donors (Lipinski definition) is 1. The van der Waals surface area contributed by atoms with Crippen molar-refractivity contribution in [2.45, 2.75) is 18.4 Å². The molecular weight excluding hydrogens is 312 g/mol. The van der Waals surface area contributed by atoms with Gasteiger partial charge in [0.25, 0.3) is 5.91 Å². The number of halogens is 3. The van der Waals surface area contributed by atoms with Gasteiger partial charge in [-0.25, -0.2) is 4.39 Å². The lowest BCUT2D eigenvalue weighted by Gasteiger charge is -2.19. The van der Waals surface area contributed by atoms with Crippen LogP contribution in [0.1, 0.15) is 28.8 Å². The summed E-state index contributed by atoms with van der Waals surface area (Å²) in [7, 11) is 0. The van der Waals surface area contributed by atoms with Crippen LogP contribution in [0.2, 0.25) is 10.0 Å². The van der Waals surface area contributed by atoms with E-state index in [0.29, 0.717) is 15.6 Å². The molecule has 0 spiro atoms. The molecule has 0 saturated heterocycles. The number of nitrogens with one attached hydrogen (secondary N) is 1. The molecule has 2 aromatic rings. The fourth-order valence-corrected chi connectivity index (χ4v) is 2.97. The van der Waals surface area contributed by atoms with Crippen molar-refractivity contribution in [2.24, 2.45) is 0 Å². The van der Waals surface area contributed by atoms with Gasteiger partial charge in [-0.3, -0.25) is 4.79 Å². The highest BCUT2D eigenvalue weighted by Crippen LogP contribution is 2.48. The molecule has 0 heterocycles. The first kappa shape index (κ1) is 14.4. The lowest BCUT2D eigenvalue weighted by molar-refractivity contribution is 0.0930. The van der Waals surface area contributed by atoms with Crippen molar-refractivity contribution in [3.05, 3.63) is 69.5 Å². The molecular formula is C16H12Cl2FNO. The van der Waals surface area contributed by atoms with Gasteiger partial charge in [-0.05, 0) is 48.7 Å². The van der Waals surface area contributed by atoms with Crippen LogP contribution < -0.4 is 5.32 Å². The first-order chi connectivity index (χ1) is 10.00. The quantitative estimate of drug-likeness (QED) is 0.881. The van der Waals surface area contributed by atoms with E-state index in [0.717, 1.165) is 18.4 Å². The number of rotatable bonds is 3. The van der Waals surface area contributed by atoms with E-state index in [1.807, 2.05) is 6.07 Å². The molecule has 0 bridgehead atoms. The van der Waals surface area contributed by atoms with Gasteiger partial charge in [0, 0.05) is 15.6 Å². The molecule has 108 valence electrons. The first-order valence-electron chi connectivity index (χ1n) is 6.54. The van der Waals surface area contributed by atoms with Crippen LogP contribution in [0.4, 0.5) is 4.39 Å². The molecule has 5 heteroatoms. The molecule has 0 radical (unpaired) electrons. The predicted molar refractivity (Wildman–Crippen MR) is 81.2 cm³/mol. The van der Waals surface area contributed by atoms with Crippen LogP contribution in [0.3, 0.4) is 0 Å². The Labute approximate surface area is 131 Å². The Kier molecular flexibility index (Phi) is 3.64. The van der Waals surface area contributed by atoms with E-state index in [9.17, 15) is 9.18 Å². The lowest BCUT2D eigenvalue weighted by atomic mass is 10.0. The zero-order valence-corrected chi connectivity index (χ0v) is 12.5. The average Bonchev–Trinajstić information content (AvgIpc) is 3.19. The summed E-state index contributed by atoms with van der Waals surface area (Å²) < 4.78 is 13.2. The third-order valence-electron chi connectivity index (χ3n) is 3.64. The van der Waals surface area contributed by atoms with Gasteiger partial charge in [-0.15, -0.1) is 0 Å². The highest BCUT2D eigenvalue weighted by atomic mass is 35.5. The Morgan fingerprint density at radius 2 is 1.90 bits per heavy atom. The molecule has 1 aliphatic rings. The SMILES string of the molecule is O=C(NC1(c2ccc(Cl)cc2Cl)CC1)c1cccc(F)c1. The van der Waals surface area contributed by atoms with Crippen molar-refractivity contribution in [1.29, 1.82) is 0 Å². The Morgan fingerprint density at radius 3 is 2.52 bits per heavy atom. The van der Waals surface area contributed by atoms with Crippen LogP contribution in [0.15, 0.2) is 42.5 Å². The van der Waals surface area contributed by atoms with Crippen LogP contribution in [0.25, 0.3) is 0 Å². The van der Waals surface area contributed by atoms with E-state index >= 15 is 0 Å². The summed E-state index contributed by atoms with van der Waals surface area (Å²) in [6.45, 7) is 0. The van der Waals surface area contributed by atoms with Crippen LogP contribution in [0.5, 0.6) is 0 Å². The lowest BCUT2D eigenvalue weighted by Crippen LogP contribution is -2.35. The summed E-state index contributed by atoms with van der Waals surface area (Å²) in [6.07, 6.45) is 1.60. The third kappa shape index (κ3) is 2.89. The van der Waals surface area contributed by atoms with Gasteiger partial charge in [-0.1, -0.05) is 35.3 Å². The minimum Gasteiger partial charge on any atom is -0.342 e. The smallest absolute Gasteiger partial charge is 0.252 e. The Morgan fingerprint density at radius 1 is 1.14 bits per heavy atom. The predicted octanol–water partition coefficient (Wildman–Crippen LogP) is 4.55. The highest BCUT2D eigenvalue weighted by molar-refractivity contribution is 6.35. The molecule has 0 aliphatic heterocycles. The summed E-state index contributed by atoms with van der Waals surface area (Å²) in [5.74, 6) is -0.741. The van der Waals surface area contributed by atoms with Crippen molar-refractivity contribution in [3.63, 3.8) is 0 Å². The van der Waals surface area contributed by atoms with Gasteiger partial charge >= 0.3 is 0 Å². The van der Waals surface area contributed by atoms with Crippen LogP contribution in [0, 0.1) is 5.82 Å². The second-order valence-electron chi connectivity index (χ2n) is 5.17. The first-order valence-corrected chi connectivity index (χ1v) is 7.29. The molecule has 1 saturated carbocycles.